The number of rotatable bonds is 24. The third kappa shape index (κ3) is 13.7. The number of carbonyl (C=O) groups is 3. The number of hydrogen-bond donors (Lipinski definition) is 0. The molecule has 0 spiro atoms. The monoisotopic (exact) mass is 546 g/mol. The summed E-state index contributed by atoms with van der Waals surface area (Å²) in [5.41, 5.74) is 2.48. The Morgan fingerprint density at radius 1 is 0.375 bits per heavy atom. The molecule has 0 aliphatic rings. The molecular weight excluding hydrogens is 492 g/mol. The molecule has 0 bridgehead atoms. The lowest BCUT2D eigenvalue weighted by atomic mass is 9.97. The molecule has 0 aliphatic heterocycles. The van der Waals surface area contributed by atoms with Crippen LogP contribution in [0.25, 0.3) is 0 Å². The third-order valence-electron chi connectivity index (χ3n) is 7.95. The van der Waals surface area contributed by atoms with Crippen molar-refractivity contribution < 1.29 is 14.4 Å². The largest absolute Gasteiger partial charge is 0.294 e. The molecule has 0 atom stereocenters. The second-order valence-corrected chi connectivity index (χ2v) is 11.5. The van der Waals surface area contributed by atoms with E-state index in [0.717, 1.165) is 25.7 Å². The fourth-order valence-electron chi connectivity index (χ4n) is 5.26. The van der Waals surface area contributed by atoms with Crippen LogP contribution < -0.4 is 0 Å². The zero-order valence-corrected chi connectivity index (χ0v) is 25.5. The molecule has 2 aromatic rings. The molecule has 2 rings (SSSR count). The van der Waals surface area contributed by atoms with Gasteiger partial charge in [0, 0.05) is 35.1 Å². The minimum atomic E-state index is -0.0872. The topological polar surface area (TPSA) is 51.2 Å². The normalized spacial score (nSPS) is 11.1. The number of benzene rings is 2. The smallest absolute Gasteiger partial charge is 0.193 e. The SMILES string of the molecule is CCCCCCCCCCCC(=O)c1ccc(C(=O)c2ccc(C(=O)CCCCCCCCCCC)cc2)cc1. The second kappa shape index (κ2) is 21.2. The van der Waals surface area contributed by atoms with Gasteiger partial charge in [-0.3, -0.25) is 14.4 Å². The fourth-order valence-corrected chi connectivity index (χ4v) is 5.26. The maximum Gasteiger partial charge on any atom is 0.193 e. The molecule has 0 amide bonds. The molecule has 0 radical (unpaired) electrons. The molecular formula is C37H54O3. The second-order valence-electron chi connectivity index (χ2n) is 11.5. The van der Waals surface area contributed by atoms with Gasteiger partial charge in [-0.25, -0.2) is 0 Å². The highest BCUT2D eigenvalue weighted by Crippen LogP contribution is 2.17. The van der Waals surface area contributed by atoms with Gasteiger partial charge in [-0.05, 0) is 12.8 Å². The van der Waals surface area contributed by atoms with Crippen LogP contribution in [0.4, 0.5) is 0 Å². The van der Waals surface area contributed by atoms with Crippen LogP contribution in [0.5, 0.6) is 0 Å². The summed E-state index contributed by atoms with van der Waals surface area (Å²) in [6.45, 7) is 4.48. The first-order chi connectivity index (χ1) is 19.6. The van der Waals surface area contributed by atoms with Crippen LogP contribution in [-0.4, -0.2) is 17.3 Å². The molecule has 40 heavy (non-hydrogen) atoms. The first-order valence-corrected chi connectivity index (χ1v) is 16.4. The molecule has 0 N–H and O–H groups in total. The highest BCUT2D eigenvalue weighted by atomic mass is 16.1. The van der Waals surface area contributed by atoms with Gasteiger partial charge in [-0.15, -0.1) is 0 Å². The molecule has 220 valence electrons. The number of ketones is 3. The summed E-state index contributed by atoms with van der Waals surface area (Å²) < 4.78 is 0. The molecule has 2 aromatic carbocycles. The highest BCUT2D eigenvalue weighted by molar-refractivity contribution is 6.10. The van der Waals surface area contributed by atoms with Gasteiger partial charge in [0.1, 0.15) is 0 Å². The lowest BCUT2D eigenvalue weighted by Gasteiger charge is -2.06. The van der Waals surface area contributed by atoms with Crippen molar-refractivity contribution in [2.24, 2.45) is 0 Å². The predicted molar refractivity (Wildman–Crippen MR) is 169 cm³/mol. The Hall–Kier alpha value is -2.55. The minimum absolute atomic E-state index is 0.0872. The van der Waals surface area contributed by atoms with E-state index in [0.29, 0.717) is 35.1 Å². The number of unbranched alkanes of at least 4 members (excludes halogenated alkanes) is 16. The molecule has 0 fully saturated rings. The predicted octanol–water partition coefficient (Wildman–Crippen LogP) is 11.1. The molecule has 3 nitrogen and oxygen atoms in total. The average Bonchev–Trinajstić information content (AvgIpc) is 2.99. The number of hydrogen-bond acceptors (Lipinski definition) is 3. The van der Waals surface area contributed by atoms with Gasteiger partial charge in [-0.2, -0.15) is 0 Å². The van der Waals surface area contributed by atoms with E-state index in [9.17, 15) is 14.4 Å². The van der Waals surface area contributed by atoms with Gasteiger partial charge in [0.25, 0.3) is 0 Å². The van der Waals surface area contributed by atoms with E-state index in [1.165, 1.54) is 89.9 Å². The van der Waals surface area contributed by atoms with Crippen LogP contribution in [0.3, 0.4) is 0 Å². The summed E-state index contributed by atoms with van der Waals surface area (Å²) in [7, 11) is 0. The van der Waals surface area contributed by atoms with Crippen LogP contribution in [-0.2, 0) is 0 Å². The quantitative estimate of drug-likeness (QED) is 0.0971. The Balaban J connectivity index is 1.68. The zero-order valence-electron chi connectivity index (χ0n) is 25.5. The maximum atomic E-state index is 12.9. The molecule has 0 heterocycles. The molecule has 3 heteroatoms. The minimum Gasteiger partial charge on any atom is -0.294 e. The number of Topliss-reactive ketones (excluding diaryl/α,β-unsaturated/α-hetero) is 2. The van der Waals surface area contributed by atoms with E-state index in [4.69, 9.17) is 0 Å². The van der Waals surface area contributed by atoms with Gasteiger partial charge in [0.2, 0.25) is 0 Å². The zero-order chi connectivity index (χ0) is 28.8. The van der Waals surface area contributed by atoms with E-state index in [1.54, 1.807) is 48.5 Å². The van der Waals surface area contributed by atoms with Crippen molar-refractivity contribution in [3.05, 3.63) is 70.8 Å². The summed E-state index contributed by atoms with van der Waals surface area (Å²) >= 11 is 0. The summed E-state index contributed by atoms with van der Waals surface area (Å²) in [6.07, 6.45) is 23.4. The van der Waals surface area contributed by atoms with E-state index in [1.807, 2.05) is 0 Å². The van der Waals surface area contributed by atoms with Crippen molar-refractivity contribution in [2.45, 2.75) is 142 Å². The Kier molecular flexibility index (Phi) is 17.9. The van der Waals surface area contributed by atoms with Gasteiger partial charge < -0.3 is 0 Å². The standard InChI is InChI=1S/C37H54O3/c1-3-5-7-9-11-13-15-17-19-21-35(38)31-23-27-33(28-24-31)37(40)34-29-25-32(26-30-34)36(39)22-20-18-16-14-12-10-8-6-4-2/h23-30H,3-22H2,1-2H3. The first kappa shape index (κ1) is 33.7. The highest BCUT2D eigenvalue weighted by Gasteiger charge is 2.13. The Morgan fingerprint density at radius 3 is 0.925 bits per heavy atom. The van der Waals surface area contributed by atoms with Crippen LogP contribution in [0, 0.1) is 0 Å². The number of carbonyl (C=O) groups excluding carboxylic acids is 3. The average molecular weight is 547 g/mol. The fraction of sp³-hybridized carbons (Fsp3) is 0.595. The molecule has 0 aliphatic carbocycles. The van der Waals surface area contributed by atoms with Crippen molar-refractivity contribution >= 4 is 17.3 Å². The van der Waals surface area contributed by atoms with Gasteiger partial charge in [0.15, 0.2) is 17.3 Å². The third-order valence-corrected chi connectivity index (χ3v) is 7.95. The summed E-state index contributed by atoms with van der Waals surface area (Å²) in [5.74, 6) is 0.212. The lowest BCUT2D eigenvalue weighted by Crippen LogP contribution is -2.05. The van der Waals surface area contributed by atoms with Crippen molar-refractivity contribution in [1.29, 1.82) is 0 Å². The Labute approximate surface area is 244 Å². The van der Waals surface area contributed by atoms with E-state index in [-0.39, 0.29) is 17.3 Å². The van der Waals surface area contributed by atoms with Crippen molar-refractivity contribution in [1.82, 2.24) is 0 Å². The Morgan fingerprint density at radius 2 is 0.625 bits per heavy atom. The first-order valence-electron chi connectivity index (χ1n) is 16.4. The summed E-state index contributed by atoms with van der Waals surface area (Å²) in [4.78, 5) is 38.1. The van der Waals surface area contributed by atoms with Gasteiger partial charge in [-0.1, -0.05) is 165 Å². The summed E-state index contributed by atoms with van der Waals surface area (Å²) in [6, 6.07) is 14.1. The van der Waals surface area contributed by atoms with E-state index < -0.39 is 0 Å². The summed E-state index contributed by atoms with van der Waals surface area (Å²) in [5, 5.41) is 0. The van der Waals surface area contributed by atoms with Crippen molar-refractivity contribution in [2.75, 3.05) is 0 Å². The maximum absolute atomic E-state index is 12.9. The van der Waals surface area contributed by atoms with Crippen LogP contribution >= 0.6 is 0 Å². The van der Waals surface area contributed by atoms with Crippen LogP contribution in [0.1, 0.15) is 179 Å². The van der Waals surface area contributed by atoms with E-state index >= 15 is 0 Å². The molecule has 0 saturated heterocycles. The Bertz CT molecular complexity index is 892. The van der Waals surface area contributed by atoms with Gasteiger partial charge >= 0.3 is 0 Å². The lowest BCUT2D eigenvalue weighted by molar-refractivity contribution is 0.0971. The molecule has 0 unspecified atom stereocenters. The van der Waals surface area contributed by atoms with Crippen molar-refractivity contribution in [3.8, 4) is 0 Å². The van der Waals surface area contributed by atoms with Crippen LogP contribution in [0.15, 0.2) is 48.5 Å². The molecule has 0 saturated carbocycles. The van der Waals surface area contributed by atoms with Gasteiger partial charge in [0.05, 0.1) is 0 Å². The van der Waals surface area contributed by atoms with Crippen molar-refractivity contribution in [3.63, 3.8) is 0 Å². The van der Waals surface area contributed by atoms with Crippen LogP contribution in [0.2, 0.25) is 0 Å². The molecule has 0 aromatic heterocycles. The van der Waals surface area contributed by atoms with E-state index in [2.05, 4.69) is 13.8 Å².